The Morgan fingerprint density at radius 2 is 1.75 bits per heavy atom. The highest BCUT2D eigenvalue weighted by Crippen LogP contribution is 2.48. The molecule has 1 unspecified atom stereocenters. The maximum absolute atomic E-state index is 5.38. The van der Waals surface area contributed by atoms with Gasteiger partial charge in [-0.15, -0.1) is 12.3 Å². The largest absolute Gasteiger partial charge is 0.120 e. The molecule has 0 bridgehead atoms. The minimum atomic E-state index is 0.328. The van der Waals surface area contributed by atoms with E-state index >= 15 is 0 Å². The third kappa shape index (κ3) is 1.95. The van der Waals surface area contributed by atoms with Crippen LogP contribution in [0.15, 0.2) is 49.1 Å². The molecule has 0 aromatic heterocycles. The molecule has 0 N–H and O–H groups in total. The topological polar surface area (TPSA) is 0 Å². The first kappa shape index (κ1) is 14.8. The van der Waals surface area contributed by atoms with Crippen LogP contribution in [-0.4, -0.2) is 0 Å². The van der Waals surface area contributed by atoms with Gasteiger partial charge >= 0.3 is 0 Å². The van der Waals surface area contributed by atoms with Gasteiger partial charge in [0.2, 0.25) is 0 Å². The van der Waals surface area contributed by atoms with E-state index < -0.39 is 0 Å². The standard InChI is InChI=1S/C24H20/c1-5-6-7-8-18-11-12-20-14-13-19-10-9-15(2)21-16(3)17(4)22(18)24(20)23(19)21/h1,7-14,16H,4,6H2,2-3H3/b8-7-. The summed E-state index contributed by atoms with van der Waals surface area (Å²) in [6.45, 7) is 8.94. The second-order valence-corrected chi connectivity index (χ2v) is 6.65. The van der Waals surface area contributed by atoms with E-state index in [2.05, 4.69) is 74.9 Å². The van der Waals surface area contributed by atoms with E-state index in [0.717, 1.165) is 0 Å². The smallest absolute Gasteiger partial charge is 0.0270 e. The Balaban J connectivity index is 2.19. The number of terminal acetylenes is 1. The van der Waals surface area contributed by atoms with Crippen LogP contribution >= 0.6 is 0 Å². The van der Waals surface area contributed by atoms with E-state index in [1.54, 1.807) is 0 Å². The van der Waals surface area contributed by atoms with E-state index in [-0.39, 0.29) is 0 Å². The Bertz CT molecular complexity index is 1070. The molecule has 24 heavy (non-hydrogen) atoms. The Morgan fingerprint density at radius 3 is 2.50 bits per heavy atom. The van der Waals surface area contributed by atoms with E-state index in [4.69, 9.17) is 6.42 Å². The van der Waals surface area contributed by atoms with Crippen LogP contribution in [0.1, 0.15) is 41.5 Å². The molecule has 0 aliphatic heterocycles. The van der Waals surface area contributed by atoms with Crippen molar-refractivity contribution in [2.45, 2.75) is 26.2 Å². The zero-order valence-electron chi connectivity index (χ0n) is 14.2. The third-order valence-electron chi connectivity index (χ3n) is 5.27. The van der Waals surface area contributed by atoms with Crippen molar-refractivity contribution in [3.05, 3.63) is 71.3 Å². The van der Waals surface area contributed by atoms with Gasteiger partial charge in [0.25, 0.3) is 0 Å². The van der Waals surface area contributed by atoms with Crippen molar-refractivity contribution < 1.29 is 0 Å². The molecule has 0 nitrogen and oxygen atoms in total. The van der Waals surface area contributed by atoms with Gasteiger partial charge in [0.05, 0.1) is 0 Å². The minimum absolute atomic E-state index is 0.328. The minimum Gasteiger partial charge on any atom is -0.120 e. The van der Waals surface area contributed by atoms with Crippen molar-refractivity contribution in [1.29, 1.82) is 0 Å². The fraction of sp³-hybridized carbons (Fsp3) is 0.167. The Morgan fingerprint density at radius 1 is 1.08 bits per heavy atom. The Hall–Kier alpha value is -2.78. The van der Waals surface area contributed by atoms with Crippen molar-refractivity contribution in [2.75, 3.05) is 0 Å². The van der Waals surface area contributed by atoms with Gasteiger partial charge in [-0.1, -0.05) is 62.1 Å². The van der Waals surface area contributed by atoms with Gasteiger partial charge < -0.3 is 0 Å². The average molecular weight is 308 g/mol. The van der Waals surface area contributed by atoms with Crippen molar-refractivity contribution >= 4 is 33.2 Å². The van der Waals surface area contributed by atoms with E-state index in [9.17, 15) is 0 Å². The highest BCUT2D eigenvalue weighted by molar-refractivity contribution is 6.18. The molecule has 1 aliphatic carbocycles. The molecular formula is C24H20. The third-order valence-corrected chi connectivity index (χ3v) is 5.27. The summed E-state index contributed by atoms with van der Waals surface area (Å²) in [5, 5.41) is 5.34. The van der Waals surface area contributed by atoms with Crippen molar-refractivity contribution in [3.8, 4) is 12.3 Å². The molecule has 1 aliphatic rings. The predicted octanol–water partition coefficient (Wildman–Crippen LogP) is 6.47. The Kier molecular flexibility index (Phi) is 3.32. The zero-order chi connectivity index (χ0) is 16.8. The first-order valence-electron chi connectivity index (χ1n) is 8.41. The van der Waals surface area contributed by atoms with Crippen LogP contribution in [-0.2, 0) is 0 Å². The molecule has 0 saturated heterocycles. The summed E-state index contributed by atoms with van der Waals surface area (Å²) < 4.78 is 0. The van der Waals surface area contributed by atoms with Crippen LogP contribution in [0.4, 0.5) is 0 Å². The number of hydrogen-bond acceptors (Lipinski definition) is 0. The molecule has 0 radical (unpaired) electrons. The van der Waals surface area contributed by atoms with Gasteiger partial charge in [-0.25, -0.2) is 0 Å². The lowest BCUT2D eigenvalue weighted by molar-refractivity contribution is 0.985. The van der Waals surface area contributed by atoms with Gasteiger partial charge in [-0.3, -0.25) is 0 Å². The van der Waals surface area contributed by atoms with E-state index in [0.29, 0.717) is 12.3 Å². The molecule has 3 aromatic carbocycles. The summed E-state index contributed by atoms with van der Waals surface area (Å²) in [4.78, 5) is 0. The molecule has 0 amide bonds. The van der Waals surface area contributed by atoms with E-state index in [1.807, 2.05) is 0 Å². The average Bonchev–Trinajstić information content (AvgIpc) is 2.59. The van der Waals surface area contributed by atoms with Gasteiger partial charge in [-0.2, -0.15) is 0 Å². The molecule has 0 heterocycles. The van der Waals surface area contributed by atoms with Crippen LogP contribution in [0.2, 0.25) is 0 Å². The molecule has 116 valence electrons. The number of benzene rings is 3. The van der Waals surface area contributed by atoms with Gasteiger partial charge in [0.1, 0.15) is 0 Å². The molecule has 0 heteroatoms. The summed E-state index contributed by atoms with van der Waals surface area (Å²) >= 11 is 0. The monoisotopic (exact) mass is 308 g/mol. The summed E-state index contributed by atoms with van der Waals surface area (Å²) in [6, 6.07) is 13.3. The lowest BCUT2D eigenvalue weighted by atomic mass is 9.74. The lowest BCUT2D eigenvalue weighted by Crippen LogP contribution is -2.08. The summed E-state index contributed by atoms with van der Waals surface area (Å²) in [6.07, 6.45) is 10.2. The predicted molar refractivity (Wildman–Crippen MR) is 106 cm³/mol. The highest BCUT2D eigenvalue weighted by atomic mass is 14.3. The summed E-state index contributed by atoms with van der Waals surface area (Å²) in [5.74, 6) is 3.00. The molecule has 0 saturated carbocycles. The molecule has 1 atom stereocenters. The SMILES string of the molecule is C#CC/C=C\c1ccc2ccc3ccc(C)c4c3c2c1C(=C)C4C. The maximum atomic E-state index is 5.38. The second-order valence-electron chi connectivity index (χ2n) is 6.65. The van der Waals surface area contributed by atoms with Gasteiger partial charge in [-0.05, 0) is 56.3 Å². The molecule has 0 spiro atoms. The fourth-order valence-corrected chi connectivity index (χ4v) is 4.07. The van der Waals surface area contributed by atoms with Crippen LogP contribution < -0.4 is 0 Å². The number of aryl methyl sites for hydroxylation is 1. The second kappa shape index (κ2) is 5.39. The van der Waals surface area contributed by atoms with E-state index in [1.165, 1.54) is 49.4 Å². The highest BCUT2D eigenvalue weighted by Gasteiger charge is 2.26. The van der Waals surface area contributed by atoms with Gasteiger partial charge in [0, 0.05) is 12.3 Å². The van der Waals surface area contributed by atoms with Crippen LogP contribution in [0.25, 0.3) is 33.2 Å². The molecular weight excluding hydrogens is 288 g/mol. The summed E-state index contributed by atoms with van der Waals surface area (Å²) in [5.41, 5.74) is 6.49. The molecule has 0 fully saturated rings. The number of allylic oxidation sites excluding steroid dienone is 2. The maximum Gasteiger partial charge on any atom is 0.0270 e. The molecule has 3 aromatic rings. The van der Waals surface area contributed by atoms with Crippen molar-refractivity contribution in [1.82, 2.24) is 0 Å². The zero-order valence-corrected chi connectivity index (χ0v) is 14.2. The quantitative estimate of drug-likeness (QED) is 0.376. The summed E-state index contributed by atoms with van der Waals surface area (Å²) in [7, 11) is 0. The fourth-order valence-electron chi connectivity index (χ4n) is 4.07. The van der Waals surface area contributed by atoms with Crippen LogP contribution in [0, 0.1) is 19.3 Å². The number of hydrogen-bond donors (Lipinski definition) is 0. The van der Waals surface area contributed by atoms with Crippen LogP contribution in [0.5, 0.6) is 0 Å². The normalized spacial score (nSPS) is 16.4. The van der Waals surface area contributed by atoms with Crippen molar-refractivity contribution in [2.24, 2.45) is 0 Å². The lowest BCUT2D eigenvalue weighted by Gasteiger charge is -2.29. The first-order chi connectivity index (χ1) is 11.6. The Labute approximate surface area is 143 Å². The van der Waals surface area contributed by atoms with Crippen molar-refractivity contribution in [3.63, 3.8) is 0 Å². The number of rotatable bonds is 2. The van der Waals surface area contributed by atoms with Crippen LogP contribution in [0.3, 0.4) is 0 Å². The van der Waals surface area contributed by atoms with Gasteiger partial charge in [0.15, 0.2) is 0 Å². The molecule has 4 rings (SSSR count). The first-order valence-corrected chi connectivity index (χ1v) is 8.41.